The minimum Gasteiger partial charge on any atom is -0.497 e. The predicted molar refractivity (Wildman–Crippen MR) is 79.5 cm³/mol. The Morgan fingerprint density at radius 2 is 1.81 bits per heavy atom. The molecule has 0 amide bonds. The molecule has 0 fully saturated rings. The largest absolute Gasteiger partial charge is 0.497 e. The van der Waals surface area contributed by atoms with Crippen molar-refractivity contribution < 1.29 is 22.7 Å². The lowest BCUT2D eigenvalue weighted by Crippen LogP contribution is -2.29. The molecule has 1 aromatic rings. The van der Waals surface area contributed by atoms with Crippen LogP contribution in [0.1, 0.15) is 18.4 Å². The summed E-state index contributed by atoms with van der Waals surface area (Å²) in [4.78, 5) is 11.0. The minimum absolute atomic E-state index is 0.0746. The lowest BCUT2D eigenvalue weighted by molar-refractivity contribution is -0.140. The highest BCUT2D eigenvalue weighted by Crippen LogP contribution is 2.14. The number of benzene rings is 1. The first-order valence-corrected chi connectivity index (χ1v) is 8.13. The Balaban J connectivity index is 2.55. The van der Waals surface area contributed by atoms with Crippen molar-refractivity contribution in [2.45, 2.75) is 19.4 Å². The summed E-state index contributed by atoms with van der Waals surface area (Å²) in [6.45, 7) is 0.282. The van der Waals surface area contributed by atoms with Crippen molar-refractivity contribution in [3.8, 4) is 5.75 Å². The van der Waals surface area contributed by atoms with Crippen LogP contribution in [0.4, 0.5) is 0 Å². The molecule has 0 aliphatic heterocycles. The van der Waals surface area contributed by atoms with Gasteiger partial charge in [-0.05, 0) is 24.1 Å². The predicted octanol–water partition coefficient (Wildman–Crippen LogP) is 1.41. The second kappa shape index (κ2) is 7.99. The maximum atomic E-state index is 12.1. The molecule has 0 heterocycles. The topological polar surface area (TPSA) is 72.9 Å². The fourth-order valence-corrected chi connectivity index (χ4v) is 2.91. The normalized spacial score (nSPS) is 11.4. The van der Waals surface area contributed by atoms with E-state index in [0.717, 1.165) is 11.3 Å². The third kappa shape index (κ3) is 5.73. The molecule has 0 saturated heterocycles. The number of nitrogens with zero attached hydrogens (tertiary/aromatic N) is 1. The summed E-state index contributed by atoms with van der Waals surface area (Å²) in [6, 6.07) is 7.21. The molecule has 21 heavy (non-hydrogen) atoms. The third-order valence-electron chi connectivity index (χ3n) is 3.05. The van der Waals surface area contributed by atoms with Crippen molar-refractivity contribution in [2.24, 2.45) is 0 Å². The molecule has 0 spiro atoms. The fourth-order valence-electron chi connectivity index (χ4n) is 1.74. The Morgan fingerprint density at radius 1 is 1.19 bits per heavy atom. The second-order valence-corrected chi connectivity index (χ2v) is 6.80. The number of hydrogen-bond acceptors (Lipinski definition) is 5. The molecule has 118 valence electrons. The van der Waals surface area contributed by atoms with Crippen LogP contribution in [0.2, 0.25) is 0 Å². The van der Waals surface area contributed by atoms with Gasteiger partial charge in [-0.25, -0.2) is 12.7 Å². The van der Waals surface area contributed by atoms with E-state index in [1.54, 1.807) is 19.2 Å². The van der Waals surface area contributed by atoms with E-state index in [0.29, 0.717) is 0 Å². The zero-order valence-corrected chi connectivity index (χ0v) is 13.4. The average molecular weight is 315 g/mol. The average Bonchev–Trinajstić information content (AvgIpc) is 2.47. The second-order valence-electron chi connectivity index (χ2n) is 4.60. The third-order valence-corrected chi connectivity index (χ3v) is 4.93. The molecule has 1 rings (SSSR count). The summed E-state index contributed by atoms with van der Waals surface area (Å²) in [6.07, 6.45) is 0.355. The van der Waals surface area contributed by atoms with Crippen molar-refractivity contribution in [3.63, 3.8) is 0 Å². The van der Waals surface area contributed by atoms with Crippen LogP contribution in [0.5, 0.6) is 5.75 Å². The molecule has 0 aliphatic carbocycles. The van der Waals surface area contributed by atoms with Crippen LogP contribution < -0.4 is 4.74 Å². The molecular weight excluding hydrogens is 294 g/mol. The highest BCUT2D eigenvalue weighted by atomic mass is 32.2. The highest BCUT2D eigenvalue weighted by Gasteiger charge is 2.18. The van der Waals surface area contributed by atoms with Gasteiger partial charge in [0.25, 0.3) is 0 Å². The van der Waals surface area contributed by atoms with Crippen LogP contribution in [-0.4, -0.2) is 45.7 Å². The lowest BCUT2D eigenvalue weighted by Gasteiger charge is -2.17. The first kappa shape index (κ1) is 17.5. The van der Waals surface area contributed by atoms with E-state index in [4.69, 9.17) is 4.74 Å². The summed E-state index contributed by atoms with van der Waals surface area (Å²) < 4.78 is 35.0. The van der Waals surface area contributed by atoms with Crippen molar-refractivity contribution in [3.05, 3.63) is 29.8 Å². The number of ether oxygens (including phenoxy) is 2. The number of methoxy groups -OCH3 is 2. The standard InChI is InChI=1S/C14H21NO5S/c1-15(11-12-6-8-13(19-2)9-7-12)21(17,18)10-4-5-14(16)20-3/h6-9H,4-5,10-11H2,1-3H3. The smallest absolute Gasteiger partial charge is 0.305 e. The summed E-state index contributed by atoms with van der Waals surface area (Å²) in [5.74, 6) is 0.250. The van der Waals surface area contributed by atoms with E-state index in [2.05, 4.69) is 4.74 Å². The monoisotopic (exact) mass is 315 g/mol. The molecular formula is C14H21NO5S. The van der Waals surface area contributed by atoms with E-state index >= 15 is 0 Å². The van der Waals surface area contributed by atoms with E-state index in [1.807, 2.05) is 12.1 Å². The number of rotatable bonds is 8. The first-order chi connectivity index (χ1) is 9.89. The molecule has 1 aromatic carbocycles. The summed E-state index contributed by atoms with van der Waals surface area (Å²) in [5, 5.41) is 0. The van der Waals surface area contributed by atoms with Gasteiger partial charge in [0.05, 0.1) is 20.0 Å². The van der Waals surface area contributed by atoms with Gasteiger partial charge < -0.3 is 9.47 Å². The molecule has 0 saturated carbocycles. The van der Waals surface area contributed by atoms with Gasteiger partial charge in [0.2, 0.25) is 10.0 Å². The Labute approximate surface area is 125 Å². The number of hydrogen-bond donors (Lipinski definition) is 0. The molecule has 6 nitrogen and oxygen atoms in total. The molecule has 7 heteroatoms. The SMILES string of the molecule is COC(=O)CCCS(=O)(=O)N(C)Cc1ccc(OC)cc1. The van der Waals surface area contributed by atoms with Gasteiger partial charge in [0.15, 0.2) is 0 Å². The lowest BCUT2D eigenvalue weighted by atomic mass is 10.2. The Hall–Kier alpha value is -1.60. The van der Waals surface area contributed by atoms with Crippen molar-refractivity contribution in [2.75, 3.05) is 27.0 Å². The Morgan fingerprint density at radius 3 is 2.33 bits per heavy atom. The number of sulfonamides is 1. The summed E-state index contributed by atoms with van der Waals surface area (Å²) >= 11 is 0. The fraction of sp³-hybridized carbons (Fsp3) is 0.500. The van der Waals surface area contributed by atoms with Gasteiger partial charge in [-0.15, -0.1) is 0 Å². The Kier molecular flexibility index (Phi) is 6.64. The van der Waals surface area contributed by atoms with Crippen molar-refractivity contribution >= 4 is 16.0 Å². The zero-order chi connectivity index (χ0) is 15.9. The number of carbonyl (C=O) groups excluding carboxylic acids is 1. The van der Waals surface area contributed by atoms with E-state index < -0.39 is 16.0 Å². The summed E-state index contributed by atoms with van der Waals surface area (Å²) in [7, 11) is 1.00. The van der Waals surface area contributed by atoms with Crippen molar-refractivity contribution in [1.82, 2.24) is 4.31 Å². The van der Waals surface area contributed by atoms with Crippen LogP contribution in [0.15, 0.2) is 24.3 Å². The molecule has 0 bridgehead atoms. The molecule has 0 aliphatic rings. The number of esters is 1. The van der Waals surface area contributed by atoms with Crippen LogP contribution in [0.25, 0.3) is 0 Å². The van der Waals surface area contributed by atoms with Crippen LogP contribution in [-0.2, 0) is 26.1 Å². The van der Waals surface area contributed by atoms with Gasteiger partial charge in [-0.1, -0.05) is 12.1 Å². The van der Waals surface area contributed by atoms with Gasteiger partial charge >= 0.3 is 5.97 Å². The Bertz CT molecular complexity index is 553. The van der Waals surface area contributed by atoms with E-state index in [9.17, 15) is 13.2 Å². The molecule has 0 atom stereocenters. The van der Waals surface area contributed by atoms with E-state index in [1.165, 1.54) is 18.5 Å². The van der Waals surface area contributed by atoms with Gasteiger partial charge in [0, 0.05) is 20.0 Å². The van der Waals surface area contributed by atoms with Gasteiger partial charge in [0.1, 0.15) is 5.75 Å². The van der Waals surface area contributed by atoms with Gasteiger partial charge in [-0.3, -0.25) is 4.79 Å². The van der Waals surface area contributed by atoms with Crippen LogP contribution >= 0.6 is 0 Å². The van der Waals surface area contributed by atoms with E-state index in [-0.39, 0.29) is 25.1 Å². The first-order valence-electron chi connectivity index (χ1n) is 6.53. The highest BCUT2D eigenvalue weighted by molar-refractivity contribution is 7.89. The molecule has 0 aromatic heterocycles. The summed E-state index contributed by atoms with van der Waals surface area (Å²) in [5.41, 5.74) is 0.870. The minimum atomic E-state index is -3.38. The maximum absolute atomic E-state index is 12.1. The molecule has 0 radical (unpaired) electrons. The quantitative estimate of drug-likeness (QED) is 0.678. The molecule has 0 unspecified atom stereocenters. The number of carbonyl (C=O) groups is 1. The van der Waals surface area contributed by atoms with Crippen LogP contribution in [0, 0.1) is 0 Å². The zero-order valence-electron chi connectivity index (χ0n) is 12.5. The maximum Gasteiger partial charge on any atom is 0.305 e. The molecule has 0 N–H and O–H groups in total. The van der Waals surface area contributed by atoms with Crippen LogP contribution in [0.3, 0.4) is 0 Å². The van der Waals surface area contributed by atoms with Gasteiger partial charge in [-0.2, -0.15) is 0 Å². The van der Waals surface area contributed by atoms with Crippen molar-refractivity contribution in [1.29, 1.82) is 0 Å².